The molecule has 5 heteroatoms. The number of pyridine rings is 1. The largest absolute Gasteiger partial charge is 0.366 e. The molecule has 1 aromatic rings. The van der Waals surface area contributed by atoms with E-state index >= 15 is 0 Å². The number of primary amides is 2. The Hall–Kier alpha value is -1.91. The number of amides is 2. The van der Waals surface area contributed by atoms with Crippen LogP contribution in [0.2, 0.25) is 0 Å². The first-order chi connectivity index (χ1) is 7.07. The molecule has 1 aromatic heterocycles. The molecule has 1 heterocycles. The van der Waals surface area contributed by atoms with Gasteiger partial charge in [0.2, 0.25) is 5.91 Å². The summed E-state index contributed by atoms with van der Waals surface area (Å²) in [5, 5.41) is 0. The zero-order valence-electron chi connectivity index (χ0n) is 8.49. The maximum atomic E-state index is 11.1. The van der Waals surface area contributed by atoms with Crippen molar-refractivity contribution in [3.05, 3.63) is 29.1 Å². The summed E-state index contributed by atoms with van der Waals surface area (Å²) in [5.74, 6) is -1.20. The van der Waals surface area contributed by atoms with Gasteiger partial charge in [-0.15, -0.1) is 0 Å². The molecule has 0 saturated carbocycles. The molecule has 0 saturated heterocycles. The van der Waals surface area contributed by atoms with E-state index in [-0.39, 0.29) is 5.69 Å². The quantitative estimate of drug-likeness (QED) is 0.739. The number of nitrogens with zero attached hydrogens (tertiary/aromatic N) is 1. The molecule has 0 fully saturated rings. The van der Waals surface area contributed by atoms with Crippen molar-refractivity contribution in [3.63, 3.8) is 0 Å². The Morgan fingerprint density at radius 1 is 1.33 bits per heavy atom. The Kier molecular flexibility index (Phi) is 3.38. The third-order valence-corrected chi connectivity index (χ3v) is 2.05. The molecule has 0 aliphatic heterocycles. The molecule has 0 aliphatic carbocycles. The summed E-state index contributed by atoms with van der Waals surface area (Å²) in [4.78, 5) is 26.1. The number of hydrogen-bond acceptors (Lipinski definition) is 3. The van der Waals surface area contributed by atoms with Gasteiger partial charge in [-0.25, -0.2) is 0 Å². The van der Waals surface area contributed by atoms with Crippen LogP contribution in [0.25, 0.3) is 0 Å². The van der Waals surface area contributed by atoms with E-state index in [9.17, 15) is 9.59 Å². The van der Waals surface area contributed by atoms with Crippen molar-refractivity contribution < 1.29 is 9.59 Å². The average Bonchev–Trinajstić information content (AvgIpc) is 2.17. The summed E-state index contributed by atoms with van der Waals surface area (Å²) < 4.78 is 0. The van der Waals surface area contributed by atoms with Crippen LogP contribution in [0.3, 0.4) is 0 Å². The normalized spacial score (nSPS) is 9.93. The van der Waals surface area contributed by atoms with Gasteiger partial charge in [0, 0.05) is 11.8 Å². The molecule has 2 amide bonds. The van der Waals surface area contributed by atoms with Crippen molar-refractivity contribution >= 4 is 11.8 Å². The highest BCUT2D eigenvalue weighted by Gasteiger charge is 2.15. The molecular formula is C10H13N3O2. The third-order valence-electron chi connectivity index (χ3n) is 2.05. The van der Waals surface area contributed by atoms with Crippen LogP contribution in [-0.2, 0) is 6.42 Å². The second-order valence-electron chi connectivity index (χ2n) is 3.16. The van der Waals surface area contributed by atoms with Crippen LogP contribution in [0, 0.1) is 0 Å². The second kappa shape index (κ2) is 4.54. The van der Waals surface area contributed by atoms with Gasteiger partial charge in [-0.1, -0.05) is 13.3 Å². The van der Waals surface area contributed by atoms with E-state index < -0.39 is 11.8 Å². The Morgan fingerprint density at radius 3 is 2.47 bits per heavy atom. The fraction of sp³-hybridized carbons (Fsp3) is 0.300. The number of rotatable bonds is 4. The summed E-state index contributed by atoms with van der Waals surface area (Å²) in [5.41, 5.74) is 11.3. The van der Waals surface area contributed by atoms with Crippen LogP contribution in [0.1, 0.15) is 39.8 Å². The number of carbonyl (C=O) groups is 2. The highest BCUT2D eigenvalue weighted by molar-refractivity contribution is 5.99. The molecule has 15 heavy (non-hydrogen) atoms. The summed E-state index contributed by atoms with van der Waals surface area (Å²) in [6.45, 7) is 1.93. The molecule has 5 nitrogen and oxygen atoms in total. The van der Waals surface area contributed by atoms with Gasteiger partial charge in [0.1, 0.15) is 5.69 Å². The predicted octanol–water partition coefficient (Wildman–Crippen LogP) is 0.232. The minimum absolute atomic E-state index is 0.133. The number of hydrogen-bond donors (Lipinski definition) is 2. The lowest BCUT2D eigenvalue weighted by Crippen LogP contribution is -2.21. The van der Waals surface area contributed by atoms with Crippen LogP contribution in [0.5, 0.6) is 0 Å². The monoisotopic (exact) mass is 207 g/mol. The molecule has 0 aromatic carbocycles. The molecule has 0 unspecified atom stereocenters. The van der Waals surface area contributed by atoms with E-state index in [1.54, 1.807) is 0 Å². The molecule has 80 valence electrons. The van der Waals surface area contributed by atoms with Crippen molar-refractivity contribution in [1.82, 2.24) is 4.98 Å². The maximum Gasteiger partial charge on any atom is 0.267 e. The summed E-state index contributed by atoms with van der Waals surface area (Å²) in [7, 11) is 0. The van der Waals surface area contributed by atoms with Gasteiger partial charge in [0.05, 0.1) is 0 Å². The maximum absolute atomic E-state index is 11.1. The molecule has 0 radical (unpaired) electrons. The molecule has 1 rings (SSSR count). The molecule has 4 N–H and O–H groups in total. The minimum atomic E-state index is -0.637. The fourth-order valence-electron chi connectivity index (χ4n) is 1.44. The van der Waals surface area contributed by atoms with Crippen LogP contribution >= 0.6 is 0 Å². The summed E-state index contributed by atoms with van der Waals surface area (Å²) in [6.07, 6.45) is 2.70. The molecular weight excluding hydrogens is 194 g/mol. The fourth-order valence-corrected chi connectivity index (χ4v) is 1.44. The highest BCUT2D eigenvalue weighted by Crippen LogP contribution is 2.14. The van der Waals surface area contributed by atoms with Gasteiger partial charge in [-0.05, 0) is 18.1 Å². The predicted molar refractivity (Wildman–Crippen MR) is 55.3 cm³/mol. The van der Waals surface area contributed by atoms with E-state index in [0.29, 0.717) is 17.5 Å². The lowest BCUT2D eigenvalue weighted by molar-refractivity contribution is 0.0994. The summed E-state index contributed by atoms with van der Waals surface area (Å²) >= 11 is 0. The van der Waals surface area contributed by atoms with Gasteiger partial charge >= 0.3 is 0 Å². The number of nitrogens with two attached hydrogens (primary N) is 2. The topological polar surface area (TPSA) is 99.1 Å². The minimum Gasteiger partial charge on any atom is -0.366 e. The van der Waals surface area contributed by atoms with Crippen LogP contribution in [0.15, 0.2) is 12.3 Å². The van der Waals surface area contributed by atoms with Crippen LogP contribution < -0.4 is 11.5 Å². The first kappa shape index (κ1) is 11.2. The van der Waals surface area contributed by atoms with E-state index in [4.69, 9.17) is 11.5 Å². The lowest BCUT2D eigenvalue weighted by Gasteiger charge is -2.08. The molecule has 0 bridgehead atoms. The Balaban J connectivity index is 3.34. The van der Waals surface area contributed by atoms with Crippen molar-refractivity contribution in [2.75, 3.05) is 0 Å². The van der Waals surface area contributed by atoms with Gasteiger partial charge in [-0.2, -0.15) is 0 Å². The van der Waals surface area contributed by atoms with E-state index in [0.717, 1.165) is 6.42 Å². The zero-order chi connectivity index (χ0) is 11.4. The van der Waals surface area contributed by atoms with Crippen molar-refractivity contribution in [2.24, 2.45) is 11.5 Å². The Bertz CT molecular complexity index is 369. The van der Waals surface area contributed by atoms with Crippen molar-refractivity contribution in [2.45, 2.75) is 19.8 Å². The van der Waals surface area contributed by atoms with Gasteiger partial charge < -0.3 is 11.5 Å². The van der Waals surface area contributed by atoms with Crippen LogP contribution in [-0.4, -0.2) is 16.8 Å². The van der Waals surface area contributed by atoms with Crippen molar-refractivity contribution in [3.8, 4) is 0 Å². The van der Waals surface area contributed by atoms with E-state index in [2.05, 4.69) is 4.98 Å². The van der Waals surface area contributed by atoms with Gasteiger partial charge in [0.15, 0.2) is 0 Å². The number of aromatic nitrogens is 1. The highest BCUT2D eigenvalue weighted by atomic mass is 16.1. The standard InChI is InChI=1S/C10H13N3O2/c1-2-3-6-7(9(11)14)4-5-13-8(6)10(12)15/h4-5H,2-3H2,1H3,(H2,11,14)(H2,12,15). The van der Waals surface area contributed by atoms with Gasteiger partial charge in [-0.3, -0.25) is 14.6 Å². The first-order valence-corrected chi connectivity index (χ1v) is 4.65. The van der Waals surface area contributed by atoms with Gasteiger partial charge in [0.25, 0.3) is 5.91 Å². The Labute approximate surface area is 87.5 Å². The van der Waals surface area contributed by atoms with E-state index in [1.807, 2.05) is 6.92 Å². The zero-order valence-corrected chi connectivity index (χ0v) is 8.49. The smallest absolute Gasteiger partial charge is 0.267 e. The number of carbonyl (C=O) groups excluding carboxylic acids is 2. The van der Waals surface area contributed by atoms with E-state index in [1.165, 1.54) is 12.3 Å². The molecule has 0 atom stereocenters. The van der Waals surface area contributed by atoms with Crippen molar-refractivity contribution in [1.29, 1.82) is 0 Å². The van der Waals surface area contributed by atoms with Crippen LogP contribution in [0.4, 0.5) is 0 Å². The lowest BCUT2D eigenvalue weighted by atomic mass is 10.0. The first-order valence-electron chi connectivity index (χ1n) is 4.65. The third kappa shape index (κ3) is 2.31. The Morgan fingerprint density at radius 2 is 2.00 bits per heavy atom. The average molecular weight is 207 g/mol. The molecule has 0 spiro atoms. The SMILES string of the molecule is CCCc1c(C(N)=O)ccnc1C(N)=O. The second-order valence-corrected chi connectivity index (χ2v) is 3.16. The molecule has 0 aliphatic rings. The summed E-state index contributed by atoms with van der Waals surface area (Å²) in [6, 6.07) is 1.50.